The zero-order chi connectivity index (χ0) is 14.8. The number of benzene rings is 2. The average Bonchev–Trinajstić information content (AvgIpc) is 2.54. The van der Waals surface area contributed by atoms with Crippen LogP contribution in [0.1, 0.15) is 5.56 Å². The summed E-state index contributed by atoms with van der Waals surface area (Å²) >= 11 is 0. The van der Waals surface area contributed by atoms with E-state index < -0.39 is 0 Å². The molecule has 21 heavy (non-hydrogen) atoms. The van der Waals surface area contributed by atoms with Crippen LogP contribution >= 0.6 is 0 Å². The van der Waals surface area contributed by atoms with Gasteiger partial charge in [0.15, 0.2) is 5.43 Å². The van der Waals surface area contributed by atoms with Crippen molar-refractivity contribution < 1.29 is 9.15 Å². The molecule has 0 aliphatic carbocycles. The Morgan fingerprint density at radius 1 is 1.14 bits per heavy atom. The van der Waals surface area contributed by atoms with E-state index >= 15 is 0 Å². The predicted octanol–water partition coefficient (Wildman–Crippen LogP) is 2.93. The number of nitrogens with two attached hydrogens (primary N) is 1. The predicted molar refractivity (Wildman–Crippen MR) is 82.4 cm³/mol. The molecule has 4 nitrogen and oxygen atoms in total. The van der Waals surface area contributed by atoms with E-state index in [-0.39, 0.29) is 12.0 Å². The highest BCUT2D eigenvalue weighted by Gasteiger charge is 2.13. The summed E-state index contributed by atoms with van der Waals surface area (Å²) in [4.78, 5) is 12.3. The topological polar surface area (TPSA) is 65.5 Å². The Balaban J connectivity index is 2.34. The van der Waals surface area contributed by atoms with Gasteiger partial charge in [0, 0.05) is 18.2 Å². The molecule has 1 aromatic heterocycles. The van der Waals surface area contributed by atoms with Gasteiger partial charge in [0.1, 0.15) is 17.1 Å². The van der Waals surface area contributed by atoms with E-state index in [9.17, 15) is 4.79 Å². The van der Waals surface area contributed by atoms with E-state index in [2.05, 4.69) is 0 Å². The first-order valence-electron chi connectivity index (χ1n) is 6.64. The third-order valence-corrected chi connectivity index (χ3v) is 3.44. The molecule has 0 saturated heterocycles. The summed E-state index contributed by atoms with van der Waals surface area (Å²) in [7, 11) is 1.57. The highest BCUT2D eigenvalue weighted by Crippen LogP contribution is 2.29. The van der Waals surface area contributed by atoms with Crippen LogP contribution in [0.25, 0.3) is 22.3 Å². The molecule has 2 aromatic carbocycles. The molecule has 3 aromatic rings. The maximum absolute atomic E-state index is 12.3. The van der Waals surface area contributed by atoms with Crippen LogP contribution in [-0.4, -0.2) is 7.11 Å². The second-order valence-corrected chi connectivity index (χ2v) is 4.67. The summed E-state index contributed by atoms with van der Waals surface area (Å²) in [5.74, 6) is 1.15. The van der Waals surface area contributed by atoms with E-state index in [4.69, 9.17) is 14.9 Å². The number of ether oxygens (including phenoxy) is 1. The molecule has 0 spiro atoms. The van der Waals surface area contributed by atoms with Crippen molar-refractivity contribution in [1.29, 1.82) is 0 Å². The van der Waals surface area contributed by atoms with Crippen LogP contribution < -0.4 is 15.9 Å². The van der Waals surface area contributed by atoms with E-state index in [0.29, 0.717) is 28.0 Å². The van der Waals surface area contributed by atoms with Gasteiger partial charge >= 0.3 is 0 Å². The van der Waals surface area contributed by atoms with Crippen molar-refractivity contribution in [2.75, 3.05) is 7.11 Å². The fourth-order valence-corrected chi connectivity index (χ4v) is 2.39. The van der Waals surface area contributed by atoms with E-state index in [1.165, 1.54) is 6.07 Å². The van der Waals surface area contributed by atoms with E-state index in [0.717, 1.165) is 5.56 Å². The van der Waals surface area contributed by atoms with Crippen molar-refractivity contribution in [2.24, 2.45) is 5.73 Å². The Kier molecular flexibility index (Phi) is 3.46. The zero-order valence-electron chi connectivity index (χ0n) is 11.6. The lowest BCUT2D eigenvalue weighted by Gasteiger charge is -2.10. The first kappa shape index (κ1) is 13.4. The third kappa shape index (κ3) is 2.30. The molecular formula is C17H15NO3. The summed E-state index contributed by atoms with van der Waals surface area (Å²) in [5.41, 5.74) is 7.74. The van der Waals surface area contributed by atoms with Crippen LogP contribution in [0.2, 0.25) is 0 Å². The molecule has 0 unspecified atom stereocenters. The summed E-state index contributed by atoms with van der Waals surface area (Å²) in [5, 5.41) is 0.510. The first-order chi connectivity index (χ1) is 10.2. The quantitative estimate of drug-likeness (QED) is 0.801. The Labute approximate surface area is 121 Å². The van der Waals surface area contributed by atoms with E-state index in [1.807, 2.05) is 30.3 Å². The van der Waals surface area contributed by atoms with Crippen molar-refractivity contribution in [2.45, 2.75) is 6.54 Å². The summed E-state index contributed by atoms with van der Waals surface area (Å²) in [6.07, 6.45) is 0. The standard InChI is InChI=1S/C17H15NO3/c1-20-15-8-7-12-14(19)9-16(11-5-3-2-4-6-11)21-17(12)13(15)10-18/h2-9H,10,18H2,1H3. The number of hydrogen-bond acceptors (Lipinski definition) is 4. The molecule has 0 saturated carbocycles. The van der Waals surface area contributed by atoms with Gasteiger partial charge in [-0.05, 0) is 12.1 Å². The van der Waals surface area contributed by atoms with Gasteiger partial charge in [0.05, 0.1) is 18.1 Å². The number of hydrogen-bond donors (Lipinski definition) is 1. The number of methoxy groups -OCH3 is 1. The Bertz CT molecular complexity index is 838. The molecule has 0 bridgehead atoms. The first-order valence-corrected chi connectivity index (χ1v) is 6.64. The SMILES string of the molecule is COc1ccc2c(=O)cc(-c3ccccc3)oc2c1CN. The summed E-state index contributed by atoms with van der Waals surface area (Å²) in [6, 6.07) is 14.4. The van der Waals surface area contributed by atoms with Crippen LogP contribution in [0, 0.1) is 0 Å². The number of rotatable bonds is 3. The minimum Gasteiger partial charge on any atom is -0.496 e. The highest BCUT2D eigenvalue weighted by atomic mass is 16.5. The van der Waals surface area contributed by atoms with Gasteiger partial charge in [-0.1, -0.05) is 30.3 Å². The maximum Gasteiger partial charge on any atom is 0.193 e. The fourth-order valence-electron chi connectivity index (χ4n) is 2.39. The molecule has 106 valence electrons. The second-order valence-electron chi connectivity index (χ2n) is 4.67. The van der Waals surface area contributed by atoms with Crippen molar-refractivity contribution >= 4 is 11.0 Å². The van der Waals surface area contributed by atoms with Gasteiger partial charge in [-0.2, -0.15) is 0 Å². The van der Waals surface area contributed by atoms with Crippen LogP contribution in [0.3, 0.4) is 0 Å². The Morgan fingerprint density at radius 3 is 2.57 bits per heavy atom. The van der Waals surface area contributed by atoms with Crippen LogP contribution in [-0.2, 0) is 6.54 Å². The lowest BCUT2D eigenvalue weighted by molar-refractivity contribution is 0.409. The fraction of sp³-hybridized carbons (Fsp3) is 0.118. The molecule has 0 aliphatic heterocycles. The lowest BCUT2D eigenvalue weighted by Crippen LogP contribution is -2.06. The molecule has 0 radical (unpaired) electrons. The van der Waals surface area contributed by atoms with Crippen LogP contribution in [0.15, 0.2) is 57.7 Å². The third-order valence-electron chi connectivity index (χ3n) is 3.44. The molecular weight excluding hydrogens is 266 g/mol. The van der Waals surface area contributed by atoms with Crippen LogP contribution in [0.4, 0.5) is 0 Å². The molecule has 4 heteroatoms. The van der Waals surface area contributed by atoms with Crippen molar-refractivity contribution in [1.82, 2.24) is 0 Å². The molecule has 0 atom stereocenters. The smallest absolute Gasteiger partial charge is 0.193 e. The minimum atomic E-state index is -0.0903. The molecule has 1 heterocycles. The summed E-state index contributed by atoms with van der Waals surface area (Å²) in [6.45, 7) is 0.238. The molecule has 0 aliphatic rings. The Hall–Kier alpha value is -2.59. The van der Waals surface area contributed by atoms with Gasteiger partial charge in [0.2, 0.25) is 0 Å². The summed E-state index contributed by atoms with van der Waals surface area (Å²) < 4.78 is 11.2. The van der Waals surface area contributed by atoms with Crippen molar-refractivity contribution in [3.05, 3.63) is 64.3 Å². The second kappa shape index (κ2) is 5.42. The van der Waals surface area contributed by atoms with Gasteiger partial charge in [0.25, 0.3) is 0 Å². The normalized spacial score (nSPS) is 10.8. The van der Waals surface area contributed by atoms with Gasteiger partial charge in [-0.3, -0.25) is 4.79 Å². The minimum absolute atomic E-state index is 0.0903. The monoisotopic (exact) mass is 281 g/mol. The zero-order valence-corrected chi connectivity index (χ0v) is 11.6. The number of fused-ring (bicyclic) bond motifs is 1. The average molecular weight is 281 g/mol. The van der Waals surface area contributed by atoms with Gasteiger partial charge in [-0.15, -0.1) is 0 Å². The molecule has 2 N–H and O–H groups in total. The maximum atomic E-state index is 12.3. The highest BCUT2D eigenvalue weighted by molar-refractivity contribution is 5.83. The van der Waals surface area contributed by atoms with Crippen LogP contribution in [0.5, 0.6) is 5.75 Å². The molecule has 0 fully saturated rings. The Morgan fingerprint density at radius 2 is 1.90 bits per heavy atom. The molecule has 3 rings (SSSR count). The van der Waals surface area contributed by atoms with E-state index in [1.54, 1.807) is 19.2 Å². The lowest BCUT2D eigenvalue weighted by atomic mass is 10.1. The van der Waals surface area contributed by atoms with Gasteiger partial charge < -0.3 is 14.9 Å². The van der Waals surface area contributed by atoms with Gasteiger partial charge in [-0.25, -0.2) is 0 Å². The molecule has 0 amide bonds. The largest absolute Gasteiger partial charge is 0.496 e. The van der Waals surface area contributed by atoms with Crippen molar-refractivity contribution in [3.63, 3.8) is 0 Å². The van der Waals surface area contributed by atoms with Crippen molar-refractivity contribution in [3.8, 4) is 17.1 Å².